The number of halogens is 1. The van der Waals surface area contributed by atoms with Crippen LogP contribution in [0.3, 0.4) is 0 Å². The molecular formula is C27H30BrN3O5S. The lowest BCUT2D eigenvalue weighted by Crippen LogP contribution is -2.50. The lowest BCUT2D eigenvalue weighted by atomic mass is 10.1. The Morgan fingerprint density at radius 2 is 1.62 bits per heavy atom. The minimum Gasteiger partial charge on any atom is -0.489 e. The highest BCUT2D eigenvalue weighted by Gasteiger charge is 2.29. The number of nitrogens with one attached hydrogen (secondary N) is 1. The first kappa shape index (κ1) is 28.2. The number of benzene rings is 3. The van der Waals surface area contributed by atoms with E-state index in [4.69, 9.17) is 4.74 Å². The number of anilines is 1. The van der Waals surface area contributed by atoms with E-state index in [0.717, 1.165) is 26.2 Å². The van der Waals surface area contributed by atoms with Gasteiger partial charge < -0.3 is 15.0 Å². The number of rotatable bonds is 11. The first-order valence-electron chi connectivity index (χ1n) is 11.6. The van der Waals surface area contributed by atoms with Gasteiger partial charge in [-0.3, -0.25) is 13.9 Å². The van der Waals surface area contributed by atoms with Crippen LogP contribution in [0.1, 0.15) is 18.1 Å². The SMILES string of the molecule is CNC(=O)C(C)N(Cc1cccc(Br)c1)C(=O)CN(c1ccc(OCc2ccccc2)cc1)S(C)(=O)=O. The molecule has 0 aliphatic rings. The number of likely N-dealkylation sites (N-methyl/N-ethyl adjacent to an activating group) is 1. The van der Waals surface area contributed by atoms with Gasteiger partial charge in [-0.05, 0) is 54.4 Å². The molecule has 0 aliphatic carbocycles. The van der Waals surface area contributed by atoms with Crippen LogP contribution in [0.2, 0.25) is 0 Å². The molecule has 3 rings (SSSR count). The third-order valence-corrected chi connectivity index (χ3v) is 7.34. The predicted molar refractivity (Wildman–Crippen MR) is 148 cm³/mol. The number of sulfonamides is 1. The van der Waals surface area contributed by atoms with Gasteiger partial charge in [-0.25, -0.2) is 8.42 Å². The smallest absolute Gasteiger partial charge is 0.244 e. The Morgan fingerprint density at radius 3 is 2.22 bits per heavy atom. The van der Waals surface area contributed by atoms with Crippen molar-refractivity contribution in [3.8, 4) is 5.75 Å². The number of nitrogens with zero attached hydrogens (tertiary/aromatic N) is 2. The first-order valence-corrected chi connectivity index (χ1v) is 14.2. The van der Waals surface area contributed by atoms with Crippen molar-refractivity contribution in [2.45, 2.75) is 26.1 Å². The van der Waals surface area contributed by atoms with Crippen LogP contribution in [0.15, 0.2) is 83.3 Å². The molecule has 1 unspecified atom stereocenters. The van der Waals surface area contributed by atoms with Crippen LogP contribution in [0.5, 0.6) is 5.75 Å². The molecule has 1 N–H and O–H groups in total. The van der Waals surface area contributed by atoms with Gasteiger partial charge in [0, 0.05) is 18.1 Å². The van der Waals surface area contributed by atoms with Crippen LogP contribution in [0, 0.1) is 0 Å². The molecule has 0 fully saturated rings. The number of carbonyl (C=O) groups is 2. The van der Waals surface area contributed by atoms with Crippen LogP contribution in [-0.4, -0.2) is 51.0 Å². The van der Waals surface area contributed by atoms with Crippen molar-refractivity contribution in [2.75, 3.05) is 24.2 Å². The second-order valence-electron chi connectivity index (χ2n) is 8.48. The Balaban J connectivity index is 1.80. The second kappa shape index (κ2) is 12.7. The maximum absolute atomic E-state index is 13.5. The van der Waals surface area contributed by atoms with Crippen molar-refractivity contribution in [3.63, 3.8) is 0 Å². The summed E-state index contributed by atoms with van der Waals surface area (Å²) in [4.78, 5) is 27.2. The van der Waals surface area contributed by atoms with E-state index in [9.17, 15) is 18.0 Å². The third-order valence-electron chi connectivity index (χ3n) is 5.71. The van der Waals surface area contributed by atoms with E-state index in [0.29, 0.717) is 18.0 Å². The van der Waals surface area contributed by atoms with Crippen LogP contribution >= 0.6 is 15.9 Å². The highest BCUT2D eigenvalue weighted by Crippen LogP contribution is 2.23. The lowest BCUT2D eigenvalue weighted by molar-refractivity contribution is -0.139. The standard InChI is InChI=1S/C27H30BrN3O5S/c1-20(27(33)29-2)30(17-22-10-7-11-23(28)16-22)26(32)18-31(37(3,34)35)24-12-14-25(15-13-24)36-19-21-8-5-4-6-9-21/h4-16,20H,17-19H2,1-3H3,(H,29,33). The maximum atomic E-state index is 13.5. The molecular weight excluding hydrogens is 558 g/mol. The average Bonchev–Trinajstić information content (AvgIpc) is 2.88. The van der Waals surface area contributed by atoms with E-state index in [1.54, 1.807) is 31.2 Å². The monoisotopic (exact) mass is 587 g/mol. The number of ether oxygens (including phenoxy) is 1. The molecule has 10 heteroatoms. The fourth-order valence-electron chi connectivity index (χ4n) is 3.69. The topological polar surface area (TPSA) is 96.0 Å². The summed E-state index contributed by atoms with van der Waals surface area (Å²) in [5.74, 6) is -0.294. The summed E-state index contributed by atoms with van der Waals surface area (Å²) in [5, 5.41) is 2.55. The molecule has 3 aromatic carbocycles. The number of amides is 2. The zero-order valence-corrected chi connectivity index (χ0v) is 23.3. The van der Waals surface area contributed by atoms with Gasteiger partial charge in [-0.1, -0.05) is 58.4 Å². The van der Waals surface area contributed by atoms with Gasteiger partial charge in [-0.15, -0.1) is 0 Å². The molecule has 0 spiro atoms. The predicted octanol–water partition coefficient (Wildman–Crippen LogP) is 3.96. The molecule has 8 nitrogen and oxygen atoms in total. The highest BCUT2D eigenvalue weighted by molar-refractivity contribution is 9.10. The molecule has 196 valence electrons. The van der Waals surface area contributed by atoms with Crippen molar-refractivity contribution in [1.29, 1.82) is 0 Å². The summed E-state index contributed by atoms with van der Waals surface area (Å²) in [7, 11) is -2.32. The quantitative estimate of drug-likeness (QED) is 0.366. The van der Waals surface area contributed by atoms with E-state index in [2.05, 4.69) is 21.2 Å². The van der Waals surface area contributed by atoms with Crippen LogP contribution in [0.25, 0.3) is 0 Å². The second-order valence-corrected chi connectivity index (χ2v) is 11.3. The Bertz CT molecular complexity index is 1320. The summed E-state index contributed by atoms with van der Waals surface area (Å²) in [6.45, 7) is 1.66. The van der Waals surface area contributed by atoms with Gasteiger partial charge >= 0.3 is 0 Å². The molecule has 0 bridgehead atoms. The van der Waals surface area contributed by atoms with E-state index >= 15 is 0 Å². The van der Waals surface area contributed by atoms with Crippen molar-refractivity contribution in [3.05, 3.63) is 94.5 Å². The highest BCUT2D eigenvalue weighted by atomic mass is 79.9. The molecule has 0 heterocycles. The summed E-state index contributed by atoms with van der Waals surface area (Å²) >= 11 is 3.42. The maximum Gasteiger partial charge on any atom is 0.244 e. The van der Waals surface area contributed by atoms with E-state index in [-0.39, 0.29) is 12.5 Å². The van der Waals surface area contributed by atoms with Gasteiger partial charge in [0.15, 0.2) is 0 Å². The van der Waals surface area contributed by atoms with Gasteiger partial charge in [0.2, 0.25) is 21.8 Å². The normalized spacial score (nSPS) is 11.9. The van der Waals surface area contributed by atoms with E-state index in [1.165, 1.54) is 11.9 Å². The van der Waals surface area contributed by atoms with Crippen LogP contribution in [0.4, 0.5) is 5.69 Å². The van der Waals surface area contributed by atoms with E-state index in [1.807, 2.05) is 54.6 Å². The lowest BCUT2D eigenvalue weighted by Gasteiger charge is -2.31. The van der Waals surface area contributed by atoms with Gasteiger partial charge in [0.25, 0.3) is 0 Å². The van der Waals surface area contributed by atoms with Gasteiger partial charge in [0.1, 0.15) is 24.9 Å². The van der Waals surface area contributed by atoms with E-state index < -0.39 is 28.5 Å². The molecule has 0 saturated heterocycles. The molecule has 37 heavy (non-hydrogen) atoms. The van der Waals surface area contributed by atoms with Gasteiger partial charge in [0.05, 0.1) is 11.9 Å². The zero-order valence-electron chi connectivity index (χ0n) is 20.9. The Labute approximate surface area is 226 Å². The fourth-order valence-corrected chi connectivity index (χ4v) is 4.98. The minimum atomic E-state index is -3.81. The largest absolute Gasteiger partial charge is 0.489 e. The minimum absolute atomic E-state index is 0.136. The number of carbonyl (C=O) groups excluding carboxylic acids is 2. The summed E-state index contributed by atoms with van der Waals surface area (Å²) in [5.41, 5.74) is 2.12. The number of hydrogen-bond acceptors (Lipinski definition) is 5. The van der Waals surface area contributed by atoms with Crippen LogP contribution in [-0.2, 0) is 32.8 Å². The van der Waals surface area contributed by atoms with Crippen molar-refractivity contribution < 1.29 is 22.7 Å². The average molecular weight is 589 g/mol. The molecule has 2 amide bonds. The zero-order chi connectivity index (χ0) is 27.0. The Kier molecular flexibility index (Phi) is 9.71. The Morgan fingerprint density at radius 1 is 0.973 bits per heavy atom. The summed E-state index contributed by atoms with van der Waals surface area (Å²) in [6.07, 6.45) is 1.04. The van der Waals surface area contributed by atoms with Crippen molar-refractivity contribution in [1.82, 2.24) is 10.2 Å². The van der Waals surface area contributed by atoms with Crippen molar-refractivity contribution >= 4 is 43.5 Å². The summed E-state index contributed by atoms with van der Waals surface area (Å²) in [6, 6.07) is 22.7. The molecule has 1 atom stereocenters. The Hall–Kier alpha value is -3.37. The number of hydrogen-bond donors (Lipinski definition) is 1. The molecule has 0 radical (unpaired) electrons. The summed E-state index contributed by atoms with van der Waals surface area (Å²) < 4.78 is 33.0. The van der Waals surface area contributed by atoms with Gasteiger partial charge in [-0.2, -0.15) is 0 Å². The molecule has 0 aliphatic heterocycles. The van der Waals surface area contributed by atoms with Crippen molar-refractivity contribution in [2.24, 2.45) is 0 Å². The molecule has 3 aromatic rings. The van der Waals surface area contributed by atoms with Crippen LogP contribution < -0.4 is 14.4 Å². The molecule has 0 aromatic heterocycles. The molecule has 0 saturated carbocycles. The fraction of sp³-hybridized carbons (Fsp3) is 0.259. The third kappa shape index (κ3) is 8.06. The first-order chi connectivity index (χ1) is 17.6.